The number of imidazole rings is 1. The molecule has 4 N–H and O–H groups in total. The molecule has 3 aromatic heterocycles. The molecule has 0 aliphatic rings. The first-order valence-corrected chi connectivity index (χ1v) is 9.17. The van der Waals surface area contributed by atoms with Gasteiger partial charge >= 0.3 is 0 Å². The molecule has 156 valence electrons. The summed E-state index contributed by atoms with van der Waals surface area (Å²) in [5.74, 6) is 2.30. The molecule has 0 fully saturated rings. The number of benzene rings is 1. The van der Waals surface area contributed by atoms with E-state index in [1.807, 2.05) is 31.2 Å². The van der Waals surface area contributed by atoms with Gasteiger partial charge in [-0.3, -0.25) is 0 Å². The van der Waals surface area contributed by atoms with Crippen molar-refractivity contribution in [2.45, 2.75) is 6.92 Å². The van der Waals surface area contributed by atoms with Crippen LogP contribution in [-0.2, 0) is 4.74 Å². The summed E-state index contributed by atoms with van der Waals surface area (Å²) < 4.78 is 13.7. The summed E-state index contributed by atoms with van der Waals surface area (Å²) in [4.78, 5) is 4.33. The van der Waals surface area contributed by atoms with Crippen LogP contribution in [-0.4, -0.2) is 62.2 Å². The van der Waals surface area contributed by atoms with Gasteiger partial charge in [0.15, 0.2) is 17.3 Å². The molecule has 30 heavy (non-hydrogen) atoms. The molecule has 3 heterocycles. The number of hydrogen-bond donors (Lipinski definition) is 3. The Kier molecular flexibility index (Phi) is 5.30. The molecule has 4 aromatic rings. The third-order valence-electron chi connectivity index (χ3n) is 4.39. The molecule has 0 aliphatic carbocycles. The molecule has 1 aromatic carbocycles. The van der Waals surface area contributed by atoms with E-state index < -0.39 is 0 Å². The Balaban J connectivity index is 1.71. The van der Waals surface area contributed by atoms with Crippen molar-refractivity contribution in [3.8, 4) is 11.4 Å². The average molecular weight is 410 g/mol. The first-order valence-electron chi connectivity index (χ1n) is 9.17. The number of aryl methyl sites for hydroxylation is 1. The van der Waals surface area contributed by atoms with Crippen molar-refractivity contribution in [3.05, 3.63) is 36.3 Å². The number of rotatable bonds is 8. The number of methoxy groups -OCH3 is 2. The highest BCUT2D eigenvalue weighted by atomic mass is 16.5. The summed E-state index contributed by atoms with van der Waals surface area (Å²) in [7, 11) is 3.25. The Labute approximate surface area is 172 Å². The van der Waals surface area contributed by atoms with Crippen LogP contribution >= 0.6 is 0 Å². The van der Waals surface area contributed by atoms with Crippen LogP contribution in [0.3, 0.4) is 0 Å². The van der Waals surface area contributed by atoms with E-state index in [1.165, 1.54) is 0 Å². The molecular weight excluding hydrogens is 388 g/mol. The minimum Gasteiger partial charge on any atom is -0.497 e. The monoisotopic (exact) mass is 410 g/mol. The lowest BCUT2D eigenvalue weighted by molar-refractivity contribution is 0.211. The van der Waals surface area contributed by atoms with Crippen LogP contribution in [0.1, 0.15) is 5.82 Å². The van der Waals surface area contributed by atoms with Gasteiger partial charge in [-0.05, 0) is 23.4 Å². The molecule has 12 nitrogen and oxygen atoms in total. The van der Waals surface area contributed by atoms with Crippen LogP contribution in [0, 0.1) is 6.92 Å². The largest absolute Gasteiger partial charge is 0.497 e. The van der Waals surface area contributed by atoms with E-state index in [-0.39, 0.29) is 0 Å². The fourth-order valence-corrected chi connectivity index (χ4v) is 2.98. The molecule has 0 saturated heterocycles. The lowest BCUT2D eigenvalue weighted by Gasteiger charge is -2.13. The maximum absolute atomic E-state index is 6.03. The summed E-state index contributed by atoms with van der Waals surface area (Å²) in [5, 5.41) is 22.8. The van der Waals surface area contributed by atoms with Crippen molar-refractivity contribution < 1.29 is 9.47 Å². The van der Waals surface area contributed by atoms with Crippen molar-refractivity contribution >= 4 is 28.7 Å². The highest BCUT2D eigenvalue weighted by molar-refractivity contribution is 5.74. The van der Waals surface area contributed by atoms with Gasteiger partial charge in [-0.25, -0.2) is 4.98 Å². The summed E-state index contributed by atoms with van der Waals surface area (Å²) in [6, 6.07) is 7.45. The first-order chi connectivity index (χ1) is 14.6. The Bertz CT molecular complexity index is 1170. The van der Waals surface area contributed by atoms with Gasteiger partial charge in [-0.15, -0.1) is 10.2 Å². The number of nitrogens with one attached hydrogen (secondary N) is 2. The summed E-state index contributed by atoms with van der Waals surface area (Å²) >= 11 is 0. The van der Waals surface area contributed by atoms with E-state index in [0.29, 0.717) is 42.0 Å². The number of nitrogens with zero attached hydrogens (tertiary/aromatic N) is 7. The Morgan fingerprint density at radius 2 is 2.03 bits per heavy atom. The zero-order chi connectivity index (χ0) is 21.1. The van der Waals surface area contributed by atoms with Gasteiger partial charge in [-0.2, -0.15) is 9.20 Å². The predicted molar refractivity (Wildman–Crippen MR) is 111 cm³/mol. The topological polar surface area (TPSA) is 142 Å². The molecule has 0 saturated carbocycles. The van der Waals surface area contributed by atoms with Gasteiger partial charge < -0.3 is 25.8 Å². The lowest BCUT2D eigenvalue weighted by atomic mass is 10.2. The molecule has 0 unspecified atom stereocenters. The Morgan fingerprint density at radius 3 is 2.77 bits per heavy atom. The van der Waals surface area contributed by atoms with Crippen molar-refractivity contribution in [1.29, 1.82) is 0 Å². The standard InChI is InChI=1S/C18H22N10O2/c1-11-23-25-26-27(11)13-6-12(7-14(8-13)30-3)22-17-9-15(20-4-5-29-2)18-21-10-16(19)28(18)24-17/h6-10,20H,4-5,19H2,1-3H3,(H,22,24). The van der Waals surface area contributed by atoms with Crippen molar-refractivity contribution in [2.24, 2.45) is 0 Å². The second-order valence-corrected chi connectivity index (χ2v) is 6.46. The van der Waals surface area contributed by atoms with Crippen LogP contribution < -0.4 is 21.1 Å². The summed E-state index contributed by atoms with van der Waals surface area (Å²) in [5.41, 5.74) is 8.93. The minimum atomic E-state index is 0.430. The van der Waals surface area contributed by atoms with Gasteiger partial charge in [0.1, 0.15) is 11.6 Å². The second-order valence-electron chi connectivity index (χ2n) is 6.46. The average Bonchev–Trinajstić information content (AvgIpc) is 3.34. The number of ether oxygens (including phenoxy) is 2. The Morgan fingerprint density at radius 1 is 1.17 bits per heavy atom. The van der Waals surface area contributed by atoms with E-state index in [4.69, 9.17) is 15.2 Å². The fraction of sp³-hybridized carbons (Fsp3) is 0.278. The quantitative estimate of drug-likeness (QED) is 0.365. The number of nitrogens with two attached hydrogens (primary N) is 1. The number of aromatic nitrogens is 7. The van der Waals surface area contributed by atoms with Crippen LogP contribution in [0.2, 0.25) is 0 Å². The lowest BCUT2D eigenvalue weighted by Crippen LogP contribution is -2.11. The number of anilines is 4. The zero-order valence-electron chi connectivity index (χ0n) is 16.8. The maximum atomic E-state index is 6.03. The number of nitrogen functional groups attached to an aromatic ring is 1. The number of hydrogen-bond acceptors (Lipinski definition) is 10. The molecule has 12 heteroatoms. The van der Waals surface area contributed by atoms with E-state index in [2.05, 4.69) is 36.2 Å². The molecule has 0 atom stereocenters. The minimum absolute atomic E-state index is 0.430. The molecule has 0 bridgehead atoms. The Hall–Kier alpha value is -3.93. The molecule has 4 rings (SSSR count). The highest BCUT2D eigenvalue weighted by Gasteiger charge is 2.12. The predicted octanol–water partition coefficient (Wildman–Crippen LogP) is 1.41. The second kappa shape index (κ2) is 8.21. The number of tetrazole rings is 1. The van der Waals surface area contributed by atoms with Gasteiger partial charge in [0, 0.05) is 37.5 Å². The van der Waals surface area contributed by atoms with Crippen LogP contribution in [0.25, 0.3) is 11.3 Å². The van der Waals surface area contributed by atoms with Crippen LogP contribution in [0.5, 0.6) is 5.75 Å². The smallest absolute Gasteiger partial charge is 0.179 e. The van der Waals surface area contributed by atoms with E-state index in [9.17, 15) is 0 Å². The molecule has 0 aliphatic heterocycles. The van der Waals surface area contributed by atoms with Crippen molar-refractivity contribution in [3.63, 3.8) is 0 Å². The third kappa shape index (κ3) is 3.80. The highest BCUT2D eigenvalue weighted by Crippen LogP contribution is 2.28. The van der Waals surface area contributed by atoms with Crippen molar-refractivity contribution in [1.82, 2.24) is 34.8 Å². The fourth-order valence-electron chi connectivity index (χ4n) is 2.98. The molecule has 0 radical (unpaired) electrons. The normalized spacial score (nSPS) is 11.0. The third-order valence-corrected chi connectivity index (χ3v) is 4.39. The maximum Gasteiger partial charge on any atom is 0.179 e. The summed E-state index contributed by atoms with van der Waals surface area (Å²) in [6.45, 7) is 2.99. The SMILES string of the molecule is COCCNc1cc(Nc2cc(OC)cc(-n3nnnc3C)c2)nn2c(N)cnc12. The van der Waals surface area contributed by atoms with Gasteiger partial charge in [0.05, 0.1) is 31.3 Å². The molecule has 0 spiro atoms. The van der Waals surface area contributed by atoms with Crippen LogP contribution in [0.4, 0.5) is 23.0 Å². The van der Waals surface area contributed by atoms with E-state index in [0.717, 1.165) is 17.1 Å². The van der Waals surface area contributed by atoms with E-state index in [1.54, 1.807) is 29.6 Å². The van der Waals surface area contributed by atoms with E-state index >= 15 is 0 Å². The van der Waals surface area contributed by atoms with Gasteiger partial charge in [0.25, 0.3) is 0 Å². The molecular formula is C18H22N10O2. The van der Waals surface area contributed by atoms with Gasteiger partial charge in [-0.1, -0.05) is 0 Å². The van der Waals surface area contributed by atoms with Gasteiger partial charge in [0.2, 0.25) is 0 Å². The van der Waals surface area contributed by atoms with Crippen LogP contribution in [0.15, 0.2) is 30.5 Å². The first kappa shape index (κ1) is 19.4. The van der Waals surface area contributed by atoms with Crippen molar-refractivity contribution in [2.75, 3.05) is 43.7 Å². The number of fused-ring (bicyclic) bond motifs is 1. The molecule has 0 amide bonds. The zero-order valence-corrected chi connectivity index (χ0v) is 16.8. The summed E-state index contributed by atoms with van der Waals surface area (Å²) in [6.07, 6.45) is 1.57.